The molecule has 0 bridgehead atoms. The SMILES string of the molecule is C[C@@H]1CCCN(c2cc(N3Cc4ccccc4C3)nc(NC(=S)NCC3(c4ccccc4)CCCCC3)n2)C1. The molecule has 2 N–H and O–H groups in total. The maximum atomic E-state index is 5.83. The summed E-state index contributed by atoms with van der Waals surface area (Å²) in [5.74, 6) is 3.18. The van der Waals surface area contributed by atoms with Crippen molar-refractivity contribution in [2.75, 3.05) is 34.8 Å². The quantitative estimate of drug-likeness (QED) is 0.350. The Bertz CT molecular complexity index is 1260. The molecule has 1 saturated heterocycles. The molecule has 1 aromatic heterocycles. The molecule has 204 valence electrons. The molecule has 3 heterocycles. The van der Waals surface area contributed by atoms with Crippen LogP contribution in [0.2, 0.25) is 0 Å². The number of nitrogens with zero attached hydrogens (tertiary/aromatic N) is 4. The van der Waals surface area contributed by atoms with E-state index in [1.807, 2.05) is 0 Å². The van der Waals surface area contributed by atoms with E-state index >= 15 is 0 Å². The predicted octanol–water partition coefficient (Wildman–Crippen LogP) is 6.42. The molecule has 6 rings (SSSR count). The van der Waals surface area contributed by atoms with Gasteiger partial charge in [-0.1, -0.05) is 80.8 Å². The lowest BCUT2D eigenvalue weighted by Crippen LogP contribution is -2.43. The van der Waals surface area contributed by atoms with Gasteiger partial charge in [-0.15, -0.1) is 0 Å². The number of rotatable bonds is 6. The molecule has 0 radical (unpaired) electrons. The Morgan fingerprint density at radius 2 is 1.56 bits per heavy atom. The summed E-state index contributed by atoms with van der Waals surface area (Å²) in [5.41, 5.74) is 4.27. The Labute approximate surface area is 238 Å². The van der Waals surface area contributed by atoms with Crippen LogP contribution >= 0.6 is 12.2 Å². The minimum atomic E-state index is 0.115. The monoisotopic (exact) mass is 540 g/mol. The summed E-state index contributed by atoms with van der Waals surface area (Å²) in [5, 5.41) is 7.53. The van der Waals surface area contributed by atoms with Crippen LogP contribution in [0.4, 0.5) is 17.6 Å². The third kappa shape index (κ3) is 5.88. The fourth-order valence-electron chi connectivity index (χ4n) is 6.68. The van der Waals surface area contributed by atoms with Crippen LogP contribution in [0.3, 0.4) is 0 Å². The zero-order valence-electron chi connectivity index (χ0n) is 23.0. The first-order valence-corrected chi connectivity index (χ1v) is 15.0. The molecule has 7 heteroatoms. The van der Waals surface area contributed by atoms with Crippen molar-refractivity contribution in [2.45, 2.75) is 70.4 Å². The zero-order chi connectivity index (χ0) is 26.7. The van der Waals surface area contributed by atoms with Crippen molar-refractivity contribution < 1.29 is 0 Å². The van der Waals surface area contributed by atoms with Crippen molar-refractivity contribution in [2.24, 2.45) is 5.92 Å². The van der Waals surface area contributed by atoms with Crippen LogP contribution in [0.15, 0.2) is 60.7 Å². The molecule has 1 saturated carbocycles. The van der Waals surface area contributed by atoms with Crippen LogP contribution in [-0.2, 0) is 18.5 Å². The van der Waals surface area contributed by atoms with E-state index in [0.29, 0.717) is 17.0 Å². The number of nitrogens with one attached hydrogen (secondary N) is 2. The van der Waals surface area contributed by atoms with E-state index in [4.69, 9.17) is 22.2 Å². The normalized spacial score (nSPS) is 20.4. The molecule has 6 nitrogen and oxygen atoms in total. The summed E-state index contributed by atoms with van der Waals surface area (Å²) < 4.78 is 0. The van der Waals surface area contributed by atoms with Crippen molar-refractivity contribution in [1.29, 1.82) is 0 Å². The van der Waals surface area contributed by atoms with Gasteiger partial charge in [0.05, 0.1) is 0 Å². The molecule has 0 unspecified atom stereocenters. The molecular weight excluding hydrogens is 500 g/mol. The van der Waals surface area contributed by atoms with Gasteiger partial charge in [0, 0.05) is 44.2 Å². The maximum Gasteiger partial charge on any atom is 0.232 e. The van der Waals surface area contributed by atoms with Gasteiger partial charge in [-0.3, -0.25) is 0 Å². The van der Waals surface area contributed by atoms with E-state index < -0.39 is 0 Å². The molecule has 1 aliphatic carbocycles. The molecule has 0 spiro atoms. The van der Waals surface area contributed by atoms with Crippen LogP contribution in [-0.4, -0.2) is 34.7 Å². The highest BCUT2D eigenvalue weighted by molar-refractivity contribution is 7.80. The standard InChI is InChI=1S/C32H40N6S/c1-24-11-10-18-37(20-24)28-19-29(38-21-25-12-6-7-13-26(25)22-38)35-30(34-28)36-31(39)33-23-32(16-8-3-9-17-32)27-14-4-2-5-15-27/h2,4-7,12-15,19,24H,3,8-11,16-18,20-23H2,1H3,(H2,33,34,35,36,39)/t24-/m1/s1. The summed E-state index contributed by atoms with van der Waals surface area (Å²) in [6, 6.07) is 21.8. The Hall–Kier alpha value is -3.19. The molecule has 2 aliphatic heterocycles. The number of fused-ring (bicyclic) bond motifs is 1. The number of benzene rings is 2. The van der Waals surface area contributed by atoms with Crippen molar-refractivity contribution in [3.8, 4) is 0 Å². The number of hydrogen-bond donors (Lipinski definition) is 2. The molecule has 2 fully saturated rings. The minimum Gasteiger partial charge on any atom is -0.361 e. The predicted molar refractivity (Wildman–Crippen MR) is 164 cm³/mol. The zero-order valence-corrected chi connectivity index (χ0v) is 23.8. The number of piperidine rings is 1. The lowest BCUT2D eigenvalue weighted by molar-refractivity contribution is 0.292. The van der Waals surface area contributed by atoms with Crippen LogP contribution in [0.5, 0.6) is 0 Å². The molecular formula is C32H40N6S. The highest BCUT2D eigenvalue weighted by Gasteiger charge is 2.34. The van der Waals surface area contributed by atoms with Gasteiger partial charge in [-0.05, 0) is 60.5 Å². The summed E-state index contributed by atoms with van der Waals surface area (Å²) >= 11 is 5.83. The van der Waals surface area contributed by atoms with Gasteiger partial charge >= 0.3 is 0 Å². The van der Waals surface area contributed by atoms with E-state index in [1.165, 1.54) is 61.6 Å². The number of aromatic nitrogens is 2. The van der Waals surface area contributed by atoms with Gasteiger partial charge in [-0.25, -0.2) is 0 Å². The summed E-state index contributed by atoms with van der Waals surface area (Å²) in [7, 11) is 0. The Kier molecular flexibility index (Phi) is 7.69. The van der Waals surface area contributed by atoms with E-state index in [0.717, 1.165) is 44.4 Å². The highest BCUT2D eigenvalue weighted by atomic mass is 32.1. The Morgan fingerprint density at radius 1 is 0.897 bits per heavy atom. The highest BCUT2D eigenvalue weighted by Crippen LogP contribution is 2.39. The first-order chi connectivity index (χ1) is 19.1. The fourth-order valence-corrected chi connectivity index (χ4v) is 6.84. The lowest BCUT2D eigenvalue weighted by atomic mass is 9.69. The van der Waals surface area contributed by atoms with Gasteiger partial charge in [-0.2, -0.15) is 9.97 Å². The number of hydrogen-bond acceptors (Lipinski definition) is 5. The Morgan fingerprint density at radius 3 is 2.26 bits per heavy atom. The van der Waals surface area contributed by atoms with Gasteiger partial charge < -0.3 is 20.4 Å². The second-order valence-corrected chi connectivity index (χ2v) is 12.1. The second-order valence-electron chi connectivity index (χ2n) is 11.7. The third-order valence-electron chi connectivity index (χ3n) is 8.85. The number of anilines is 3. The van der Waals surface area contributed by atoms with Gasteiger partial charge in [0.25, 0.3) is 0 Å². The van der Waals surface area contributed by atoms with E-state index in [-0.39, 0.29) is 5.41 Å². The average Bonchev–Trinajstić information content (AvgIpc) is 3.42. The van der Waals surface area contributed by atoms with Crippen LogP contribution < -0.4 is 20.4 Å². The van der Waals surface area contributed by atoms with Gasteiger partial charge in [0.15, 0.2) is 5.11 Å². The van der Waals surface area contributed by atoms with Crippen molar-refractivity contribution in [1.82, 2.24) is 15.3 Å². The first-order valence-electron chi connectivity index (χ1n) is 14.6. The molecule has 2 aromatic carbocycles. The van der Waals surface area contributed by atoms with Crippen molar-refractivity contribution in [3.05, 3.63) is 77.4 Å². The summed E-state index contributed by atoms with van der Waals surface area (Å²) in [6.45, 7) is 6.94. The minimum absolute atomic E-state index is 0.115. The largest absolute Gasteiger partial charge is 0.361 e. The van der Waals surface area contributed by atoms with E-state index in [9.17, 15) is 0 Å². The second kappa shape index (κ2) is 11.5. The molecule has 39 heavy (non-hydrogen) atoms. The van der Waals surface area contributed by atoms with Gasteiger partial charge in [0.1, 0.15) is 11.6 Å². The van der Waals surface area contributed by atoms with Crippen LogP contribution in [0.1, 0.15) is 68.6 Å². The Balaban J connectivity index is 1.21. The van der Waals surface area contributed by atoms with Crippen molar-refractivity contribution in [3.63, 3.8) is 0 Å². The molecule has 0 amide bonds. The van der Waals surface area contributed by atoms with Gasteiger partial charge in [0.2, 0.25) is 5.95 Å². The van der Waals surface area contributed by atoms with E-state index in [1.54, 1.807) is 0 Å². The molecule has 3 aliphatic rings. The molecule has 1 atom stereocenters. The summed E-state index contributed by atoms with van der Waals surface area (Å²) in [4.78, 5) is 14.7. The number of thiocarbonyl (C=S) groups is 1. The van der Waals surface area contributed by atoms with Crippen LogP contribution in [0.25, 0.3) is 0 Å². The first kappa shape index (κ1) is 26.1. The van der Waals surface area contributed by atoms with E-state index in [2.05, 4.69) is 88.0 Å². The smallest absolute Gasteiger partial charge is 0.232 e. The van der Waals surface area contributed by atoms with Crippen LogP contribution in [0, 0.1) is 5.92 Å². The maximum absolute atomic E-state index is 5.83. The lowest BCUT2D eigenvalue weighted by Gasteiger charge is -2.38. The molecule has 3 aromatic rings. The third-order valence-corrected chi connectivity index (χ3v) is 9.10. The fraction of sp³-hybridized carbons (Fsp3) is 0.469. The topological polar surface area (TPSA) is 56.3 Å². The average molecular weight is 541 g/mol. The van der Waals surface area contributed by atoms with Crippen molar-refractivity contribution >= 4 is 34.9 Å². The summed E-state index contributed by atoms with van der Waals surface area (Å²) in [6.07, 6.45) is 8.68.